The zero-order chi connectivity index (χ0) is 9.14. The molecule has 0 radical (unpaired) electrons. The first-order valence-electron chi connectivity index (χ1n) is 4.24. The number of hydrogen-bond donors (Lipinski definition) is 1. The first kappa shape index (κ1) is 9.85. The monoisotopic (exact) mass is 185 g/mol. The molecular weight excluding hydrogens is 170 g/mol. The van der Waals surface area contributed by atoms with Crippen LogP contribution in [0.25, 0.3) is 0 Å². The third-order valence-electron chi connectivity index (χ3n) is 2.26. The maximum absolute atomic E-state index is 8.79. The molecule has 0 aromatic heterocycles. The zero-order valence-electron chi connectivity index (χ0n) is 7.56. The van der Waals surface area contributed by atoms with Crippen LogP contribution in [0.2, 0.25) is 0 Å². The Morgan fingerprint density at radius 3 is 2.67 bits per heavy atom. The normalized spacial score (nSPS) is 27.4. The van der Waals surface area contributed by atoms with Gasteiger partial charge in [0, 0.05) is 25.7 Å². The molecule has 1 atom stereocenters. The van der Waals surface area contributed by atoms with Crippen LogP contribution in [-0.2, 0) is 0 Å². The first-order valence-corrected chi connectivity index (χ1v) is 4.64. The van der Waals surface area contributed by atoms with Crippen LogP contribution in [0.3, 0.4) is 0 Å². The van der Waals surface area contributed by atoms with Crippen LogP contribution in [0.5, 0.6) is 0 Å². The summed E-state index contributed by atoms with van der Waals surface area (Å²) in [7, 11) is 0. The van der Waals surface area contributed by atoms with Crippen molar-refractivity contribution in [3.05, 3.63) is 0 Å². The lowest BCUT2D eigenvalue weighted by molar-refractivity contribution is 0.137. The Kier molecular flexibility index (Phi) is 3.39. The van der Waals surface area contributed by atoms with Gasteiger partial charge in [0.05, 0.1) is 6.07 Å². The molecule has 0 amide bonds. The van der Waals surface area contributed by atoms with E-state index >= 15 is 0 Å². The minimum atomic E-state index is -0.0514. The summed E-state index contributed by atoms with van der Waals surface area (Å²) >= 11 is 4.23. The Morgan fingerprint density at radius 2 is 2.17 bits per heavy atom. The van der Waals surface area contributed by atoms with E-state index in [9.17, 15) is 0 Å². The van der Waals surface area contributed by atoms with Crippen molar-refractivity contribution < 1.29 is 0 Å². The van der Waals surface area contributed by atoms with Gasteiger partial charge in [-0.3, -0.25) is 4.90 Å². The van der Waals surface area contributed by atoms with Crippen LogP contribution in [0.1, 0.15) is 13.8 Å². The summed E-state index contributed by atoms with van der Waals surface area (Å²) in [6.07, 6.45) is 0. The minimum absolute atomic E-state index is 0.0514. The predicted octanol–water partition coefficient (Wildman–Crippen LogP) is 0.749. The highest BCUT2D eigenvalue weighted by atomic mass is 32.1. The summed E-state index contributed by atoms with van der Waals surface area (Å²) in [6, 6.07) is 2.73. The van der Waals surface area contributed by atoms with Crippen molar-refractivity contribution in [1.29, 1.82) is 5.26 Å². The smallest absolute Gasteiger partial charge is 0.119 e. The molecule has 0 aliphatic carbocycles. The van der Waals surface area contributed by atoms with E-state index in [1.54, 1.807) is 0 Å². The molecule has 12 heavy (non-hydrogen) atoms. The lowest BCUT2D eigenvalue weighted by Gasteiger charge is -2.37. The van der Waals surface area contributed by atoms with Crippen LogP contribution < -0.4 is 0 Å². The summed E-state index contributed by atoms with van der Waals surface area (Å²) in [4.78, 5) is 2.31. The maximum atomic E-state index is 8.79. The molecule has 0 unspecified atom stereocenters. The lowest BCUT2D eigenvalue weighted by Crippen LogP contribution is -2.50. The first-order chi connectivity index (χ1) is 5.65. The third-order valence-corrected chi connectivity index (χ3v) is 2.74. The Balaban J connectivity index is 2.51. The standard InChI is InChI=1S/C8H15N3S/c1-7(2)10-3-4-11(12)8(5-9)6-10/h7-8,12H,3-4,6H2,1-2H3/t8-/m1/s1. The number of nitriles is 1. The van der Waals surface area contributed by atoms with E-state index in [1.165, 1.54) is 0 Å². The molecule has 1 aliphatic rings. The van der Waals surface area contributed by atoms with Crippen LogP contribution in [-0.4, -0.2) is 40.9 Å². The number of hydrogen-bond acceptors (Lipinski definition) is 4. The Bertz CT molecular complexity index is 187. The van der Waals surface area contributed by atoms with Crippen molar-refractivity contribution in [2.45, 2.75) is 25.9 Å². The highest BCUT2D eigenvalue weighted by Crippen LogP contribution is 2.12. The second-order valence-corrected chi connectivity index (χ2v) is 3.91. The second kappa shape index (κ2) is 4.13. The van der Waals surface area contributed by atoms with E-state index in [0.717, 1.165) is 19.6 Å². The van der Waals surface area contributed by atoms with E-state index in [4.69, 9.17) is 5.26 Å². The second-order valence-electron chi connectivity index (χ2n) is 3.40. The molecule has 0 bridgehead atoms. The van der Waals surface area contributed by atoms with Gasteiger partial charge in [0.15, 0.2) is 0 Å². The highest BCUT2D eigenvalue weighted by Gasteiger charge is 2.25. The van der Waals surface area contributed by atoms with Crippen LogP contribution in [0, 0.1) is 11.3 Å². The molecule has 4 heteroatoms. The van der Waals surface area contributed by atoms with Gasteiger partial charge in [-0.1, -0.05) is 12.8 Å². The van der Waals surface area contributed by atoms with Crippen LogP contribution in [0.4, 0.5) is 0 Å². The van der Waals surface area contributed by atoms with Gasteiger partial charge >= 0.3 is 0 Å². The number of rotatable bonds is 1. The molecule has 1 aliphatic heterocycles. The average molecular weight is 185 g/mol. The fourth-order valence-electron chi connectivity index (χ4n) is 1.37. The molecule has 1 saturated heterocycles. The van der Waals surface area contributed by atoms with Gasteiger partial charge in [0.25, 0.3) is 0 Å². The number of nitrogens with zero attached hydrogens (tertiary/aromatic N) is 3. The molecule has 0 N–H and O–H groups in total. The molecule has 3 nitrogen and oxygen atoms in total. The molecular formula is C8H15N3S. The van der Waals surface area contributed by atoms with Gasteiger partial charge < -0.3 is 0 Å². The molecule has 0 spiro atoms. The average Bonchev–Trinajstić information content (AvgIpc) is 2.05. The molecule has 0 aromatic carbocycles. The van der Waals surface area contributed by atoms with E-state index in [0.29, 0.717) is 6.04 Å². The molecule has 0 saturated carbocycles. The van der Waals surface area contributed by atoms with Gasteiger partial charge in [0.2, 0.25) is 0 Å². The maximum Gasteiger partial charge on any atom is 0.119 e. The third kappa shape index (κ3) is 2.13. The Hall–Kier alpha value is -0.240. The van der Waals surface area contributed by atoms with Crippen LogP contribution >= 0.6 is 12.8 Å². The van der Waals surface area contributed by atoms with E-state index in [2.05, 4.69) is 37.6 Å². The van der Waals surface area contributed by atoms with Gasteiger partial charge in [-0.05, 0) is 13.8 Å². The number of piperazine rings is 1. The SMILES string of the molecule is CC(C)N1CCN(S)[C@H](C#N)C1. The van der Waals surface area contributed by atoms with Crippen molar-refractivity contribution in [3.8, 4) is 6.07 Å². The Morgan fingerprint density at radius 1 is 1.50 bits per heavy atom. The molecule has 0 aromatic rings. The van der Waals surface area contributed by atoms with E-state index in [-0.39, 0.29) is 6.04 Å². The molecule has 68 valence electrons. The van der Waals surface area contributed by atoms with Crippen molar-refractivity contribution >= 4 is 12.8 Å². The van der Waals surface area contributed by atoms with E-state index in [1.807, 2.05) is 4.31 Å². The quantitative estimate of drug-likeness (QED) is 0.611. The molecule has 1 heterocycles. The van der Waals surface area contributed by atoms with Crippen molar-refractivity contribution in [3.63, 3.8) is 0 Å². The highest BCUT2D eigenvalue weighted by molar-refractivity contribution is 7.77. The van der Waals surface area contributed by atoms with Crippen molar-refractivity contribution in [1.82, 2.24) is 9.21 Å². The summed E-state index contributed by atoms with van der Waals surface area (Å²) in [6.45, 7) is 7.02. The topological polar surface area (TPSA) is 30.3 Å². The Labute approximate surface area is 79.5 Å². The molecule has 1 rings (SSSR count). The zero-order valence-corrected chi connectivity index (χ0v) is 8.46. The lowest BCUT2D eigenvalue weighted by atomic mass is 10.2. The van der Waals surface area contributed by atoms with Crippen molar-refractivity contribution in [2.24, 2.45) is 0 Å². The fraction of sp³-hybridized carbons (Fsp3) is 0.875. The van der Waals surface area contributed by atoms with Gasteiger partial charge in [-0.15, -0.1) is 0 Å². The summed E-state index contributed by atoms with van der Waals surface area (Å²) in [5.41, 5.74) is 0. The van der Waals surface area contributed by atoms with E-state index < -0.39 is 0 Å². The summed E-state index contributed by atoms with van der Waals surface area (Å²) < 4.78 is 1.82. The number of thiol groups is 1. The van der Waals surface area contributed by atoms with Gasteiger partial charge in [-0.25, -0.2) is 4.31 Å². The minimum Gasteiger partial charge on any atom is -0.297 e. The van der Waals surface area contributed by atoms with Gasteiger partial charge in [0.1, 0.15) is 6.04 Å². The van der Waals surface area contributed by atoms with Gasteiger partial charge in [-0.2, -0.15) is 5.26 Å². The van der Waals surface area contributed by atoms with Crippen molar-refractivity contribution in [2.75, 3.05) is 19.6 Å². The largest absolute Gasteiger partial charge is 0.297 e. The fourth-order valence-corrected chi connectivity index (χ4v) is 1.59. The van der Waals surface area contributed by atoms with Crippen LogP contribution in [0.15, 0.2) is 0 Å². The predicted molar refractivity (Wildman–Crippen MR) is 51.8 cm³/mol. The summed E-state index contributed by atoms with van der Waals surface area (Å²) in [5.74, 6) is 0. The summed E-state index contributed by atoms with van der Waals surface area (Å²) in [5, 5.41) is 8.79. The molecule has 1 fully saturated rings.